The van der Waals surface area contributed by atoms with E-state index in [4.69, 9.17) is 4.74 Å². The van der Waals surface area contributed by atoms with E-state index in [1.54, 1.807) is 6.92 Å². The Morgan fingerprint density at radius 1 is 1.33 bits per heavy atom. The Hall–Kier alpha value is -1.59. The monoisotopic (exact) mass is 334 g/mol. The molecule has 0 radical (unpaired) electrons. The number of morpholine rings is 1. The maximum atomic E-state index is 12.8. The fourth-order valence-electron chi connectivity index (χ4n) is 3.18. The molecule has 1 aliphatic heterocycles. The highest BCUT2D eigenvalue weighted by Crippen LogP contribution is 2.22. The van der Waals surface area contributed by atoms with Crippen LogP contribution in [0.1, 0.15) is 45.2 Å². The lowest BCUT2D eigenvalue weighted by atomic mass is 9.97. The molecule has 2 N–H and O–H groups in total. The Morgan fingerprint density at radius 2 is 2.04 bits per heavy atom. The predicted octanol–water partition coefficient (Wildman–Crippen LogP) is 2.96. The summed E-state index contributed by atoms with van der Waals surface area (Å²) in [7, 11) is 0. The number of urea groups is 1. The van der Waals surface area contributed by atoms with Crippen LogP contribution in [0.25, 0.3) is 0 Å². The van der Waals surface area contributed by atoms with Gasteiger partial charge in [-0.25, -0.2) is 4.79 Å². The van der Waals surface area contributed by atoms with Gasteiger partial charge >= 0.3 is 6.03 Å². The van der Waals surface area contributed by atoms with Crippen LogP contribution in [0, 0.1) is 5.92 Å². The molecule has 2 rings (SSSR count). The number of carbonyl (C=O) groups excluding carboxylic acids is 1. The van der Waals surface area contributed by atoms with E-state index >= 15 is 0 Å². The second-order valence-corrected chi connectivity index (χ2v) is 7.05. The van der Waals surface area contributed by atoms with Gasteiger partial charge in [-0.05, 0) is 31.2 Å². The molecule has 5 nitrogen and oxygen atoms in total. The molecule has 1 aliphatic rings. The maximum absolute atomic E-state index is 12.8. The van der Waals surface area contributed by atoms with Crippen LogP contribution in [-0.4, -0.2) is 47.9 Å². The van der Waals surface area contributed by atoms with E-state index in [1.165, 1.54) is 0 Å². The van der Waals surface area contributed by atoms with Crippen LogP contribution < -0.4 is 5.32 Å². The molecular formula is C19H30N2O3. The summed E-state index contributed by atoms with van der Waals surface area (Å²) < 4.78 is 5.48. The third-order valence-corrected chi connectivity index (χ3v) is 4.31. The first kappa shape index (κ1) is 18.7. The van der Waals surface area contributed by atoms with Gasteiger partial charge in [0.15, 0.2) is 0 Å². The SMILES string of the molecule is CC(C)C[C@H](NC(=O)N1CCOC[C@@H]1C[C@H](C)O)c1ccccc1. The first-order valence-electron chi connectivity index (χ1n) is 8.85. The zero-order chi connectivity index (χ0) is 17.5. The molecule has 0 spiro atoms. The Balaban J connectivity index is 2.08. The molecule has 2 amide bonds. The van der Waals surface area contributed by atoms with Crippen LogP contribution in [0.5, 0.6) is 0 Å². The van der Waals surface area contributed by atoms with E-state index in [-0.39, 0.29) is 18.1 Å². The van der Waals surface area contributed by atoms with Gasteiger partial charge in [0, 0.05) is 6.54 Å². The summed E-state index contributed by atoms with van der Waals surface area (Å²) in [6, 6.07) is 9.94. The van der Waals surface area contributed by atoms with Crippen LogP contribution in [0.3, 0.4) is 0 Å². The van der Waals surface area contributed by atoms with Gasteiger partial charge in [-0.15, -0.1) is 0 Å². The maximum Gasteiger partial charge on any atom is 0.318 e. The summed E-state index contributed by atoms with van der Waals surface area (Å²) in [5, 5.41) is 12.9. The van der Waals surface area contributed by atoms with Crippen molar-refractivity contribution in [2.24, 2.45) is 5.92 Å². The number of hydrogen-bond donors (Lipinski definition) is 2. The number of ether oxygens (including phenoxy) is 1. The normalized spacial score (nSPS) is 20.7. The number of aliphatic hydroxyl groups is 1. The molecule has 1 heterocycles. The van der Waals surface area contributed by atoms with Crippen LogP contribution in [0.15, 0.2) is 30.3 Å². The van der Waals surface area contributed by atoms with E-state index in [0.29, 0.717) is 32.1 Å². The molecule has 0 aromatic heterocycles. The molecule has 0 aliphatic carbocycles. The first-order valence-corrected chi connectivity index (χ1v) is 8.85. The summed E-state index contributed by atoms with van der Waals surface area (Å²) in [5.41, 5.74) is 1.12. The quantitative estimate of drug-likeness (QED) is 0.841. The van der Waals surface area contributed by atoms with Crippen LogP contribution in [0.4, 0.5) is 4.79 Å². The minimum atomic E-state index is -0.451. The molecule has 0 saturated carbocycles. The highest BCUT2D eigenvalue weighted by molar-refractivity contribution is 5.75. The van der Waals surface area contributed by atoms with E-state index < -0.39 is 6.10 Å². The van der Waals surface area contributed by atoms with Crippen molar-refractivity contribution in [1.82, 2.24) is 10.2 Å². The summed E-state index contributed by atoms with van der Waals surface area (Å²) in [6.45, 7) is 7.66. The Bertz CT molecular complexity index is 505. The molecule has 1 fully saturated rings. The van der Waals surface area contributed by atoms with E-state index in [0.717, 1.165) is 12.0 Å². The van der Waals surface area contributed by atoms with Crippen molar-refractivity contribution >= 4 is 6.03 Å². The lowest BCUT2D eigenvalue weighted by Gasteiger charge is -2.37. The van der Waals surface area contributed by atoms with Crippen molar-refractivity contribution in [2.45, 2.75) is 51.8 Å². The van der Waals surface area contributed by atoms with Crippen molar-refractivity contribution in [3.63, 3.8) is 0 Å². The molecule has 5 heteroatoms. The van der Waals surface area contributed by atoms with Gasteiger partial charge in [0.25, 0.3) is 0 Å². The van der Waals surface area contributed by atoms with Gasteiger partial charge in [0.05, 0.1) is 31.4 Å². The molecular weight excluding hydrogens is 304 g/mol. The number of carbonyl (C=O) groups is 1. The molecule has 24 heavy (non-hydrogen) atoms. The number of amides is 2. The zero-order valence-electron chi connectivity index (χ0n) is 14.9. The van der Waals surface area contributed by atoms with E-state index in [9.17, 15) is 9.90 Å². The standard InChI is InChI=1S/C19H30N2O3/c1-14(2)11-18(16-7-5-4-6-8-16)20-19(23)21-9-10-24-13-17(21)12-15(3)22/h4-8,14-15,17-18,22H,9-13H2,1-3H3,(H,20,23)/t15-,17-,18-/m0/s1. The number of nitrogens with zero attached hydrogens (tertiary/aromatic N) is 1. The molecule has 1 aromatic rings. The Morgan fingerprint density at radius 3 is 2.67 bits per heavy atom. The second kappa shape index (κ2) is 9.04. The van der Waals surface area contributed by atoms with E-state index in [1.807, 2.05) is 23.1 Å². The fraction of sp³-hybridized carbons (Fsp3) is 0.632. The van der Waals surface area contributed by atoms with Crippen molar-refractivity contribution < 1.29 is 14.6 Å². The Labute approximate surface area is 145 Å². The van der Waals surface area contributed by atoms with Crippen molar-refractivity contribution in [3.8, 4) is 0 Å². The summed E-state index contributed by atoms with van der Waals surface area (Å²) >= 11 is 0. The minimum absolute atomic E-state index is 0.00579. The molecule has 1 aromatic carbocycles. The largest absolute Gasteiger partial charge is 0.393 e. The number of hydrogen-bond acceptors (Lipinski definition) is 3. The van der Waals surface area contributed by atoms with Crippen LogP contribution >= 0.6 is 0 Å². The molecule has 3 atom stereocenters. The molecule has 134 valence electrons. The van der Waals surface area contributed by atoms with Crippen molar-refractivity contribution in [1.29, 1.82) is 0 Å². The smallest absolute Gasteiger partial charge is 0.318 e. The minimum Gasteiger partial charge on any atom is -0.393 e. The topological polar surface area (TPSA) is 61.8 Å². The number of rotatable bonds is 6. The molecule has 0 unspecified atom stereocenters. The average molecular weight is 334 g/mol. The van der Waals surface area contributed by atoms with Gasteiger partial charge in [0.2, 0.25) is 0 Å². The highest BCUT2D eigenvalue weighted by Gasteiger charge is 2.29. The van der Waals surface area contributed by atoms with E-state index in [2.05, 4.69) is 31.3 Å². The van der Waals surface area contributed by atoms with Gasteiger partial charge < -0.3 is 20.1 Å². The first-order chi connectivity index (χ1) is 11.5. The van der Waals surface area contributed by atoms with Gasteiger partial charge in [-0.2, -0.15) is 0 Å². The predicted molar refractivity (Wildman–Crippen MR) is 94.8 cm³/mol. The molecule has 1 saturated heterocycles. The van der Waals surface area contributed by atoms with Crippen LogP contribution in [0.2, 0.25) is 0 Å². The Kier molecular flexibility index (Phi) is 7.06. The highest BCUT2D eigenvalue weighted by atomic mass is 16.5. The third kappa shape index (κ3) is 5.49. The fourth-order valence-corrected chi connectivity index (χ4v) is 3.18. The third-order valence-electron chi connectivity index (χ3n) is 4.31. The van der Waals surface area contributed by atoms with Crippen molar-refractivity contribution in [2.75, 3.05) is 19.8 Å². The average Bonchev–Trinajstić information content (AvgIpc) is 2.54. The summed E-state index contributed by atoms with van der Waals surface area (Å²) in [4.78, 5) is 14.6. The van der Waals surface area contributed by atoms with Crippen molar-refractivity contribution in [3.05, 3.63) is 35.9 Å². The number of benzene rings is 1. The number of aliphatic hydroxyl groups excluding tert-OH is 1. The van der Waals surface area contributed by atoms with Gasteiger partial charge in [-0.3, -0.25) is 0 Å². The summed E-state index contributed by atoms with van der Waals surface area (Å²) in [6.07, 6.45) is 0.974. The van der Waals surface area contributed by atoms with Gasteiger partial charge in [-0.1, -0.05) is 44.2 Å². The number of nitrogens with one attached hydrogen (secondary N) is 1. The zero-order valence-corrected chi connectivity index (χ0v) is 14.9. The van der Waals surface area contributed by atoms with Gasteiger partial charge in [0.1, 0.15) is 0 Å². The lowest BCUT2D eigenvalue weighted by Crippen LogP contribution is -2.53. The lowest BCUT2D eigenvalue weighted by molar-refractivity contribution is -0.00494. The second-order valence-electron chi connectivity index (χ2n) is 7.05. The molecule has 0 bridgehead atoms. The summed E-state index contributed by atoms with van der Waals surface area (Å²) in [5.74, 6) is 0.480. The van der Waals surface area contributed by atoms with Crippen LogP contribution in [-0.2, 0) is 4.74 Å².